The Balaban J connectivity index is 1.55. The fourth-order valence-electron chi connectivity index (χ4n) is 3.96. The molecule has 7 nitrogen and oxygen atoms in total. The molecule has 1 amide bonds. The summed E-state index contributed by atoms with van der Waals surface area (Å²) in [5.74, 6) is 0.455. The third-order valence-electron chi connectivity index (χ3n) is 5.70. The van der Waals surface area contributed by atoms with Gasteiger partial charge in [-0.1, -0.05) is 79.7 Å². The van der Waals surface area contributed by atoms with Crippen molar-refractivity contribution in [2.75, 3.05) is 17.2 Å². The van der Waals surface area contributed by atoms with Crippen LogP contribution < -0.4 is 16.0 Å². The third-order valence-corrected chi connectivity index (χ3v) is 5.86. The van der Waals surface area contributed by atoms with Crippen molar-refractivity contribution in [1.82, 2.24) is 20.3 Å². The van der Waals surface area contributed by atoms with Gasteiger partial charge in [-0.3, -0.25) is 4.79 Å². The van der Waals surface area contributed by atoms with Crippen molar-refractivity contribution in [3.05, 3.63) is 89.2 Å². The molecule has 180 valence electrons. The Morgan fingerprint density at radius 1 is 0.886 bits per heavy atom. The van der Waals surface area contributed by atoms with Gasteiger partial charge in [-0.25, -0.2) is 0 Å². The quantitative estimate of drug-likeness (QED) is 0.277. The molecule has 4 aromatic rings. The van der Waals surface area contributed by atoms with Gasteiger partial charge in [0.2, 0.25) is 23.1 Å². The number of nitrogens with one attached hydrogen (secondary N) is 3. The number of fused-ring (bicyclic) bond motifs is 1. The molecule has 1 aromatic heterocycles. The van der Waals surface area contributed by atoms with Crippen LogP contribution in [-0.2, 0) is 11.2 Å². The van der Waals surface area contributed by atoms with E-state index in [9.17, 15) is 4.79 Å². The molecule has 35 heavy (non-hydrogen) atoms. The largest absolute Gasteiger partial charge is 0.354 e. The maximum atomic E-state index is 12.9. The average Bonchev–Trinajstić information content (AvgIpc) is 2.86. The fourth-order valence-corrected chi connectivity index (χ4v) is 4.13. The van der Waals surface area contributed by atoms with Crippen LogP contribution in [0.25, 0.3) is 10.8 Å². The Hall–Kier alpha value is -3.71. The Morgan fingerprint density at radius 2 is 1.57 bits per heavy atom. The number of hydrogen-bond donors (Lipinski definition) is 3. The standard InChI is InChI=1S/C27H29ClN6O/c1-3-16-29-24(35)23(17-19-10-5-4-6-11-19)31-27-33-25(28)32-26(34-27)30-18(2)21-15-9-13-20-12-7-8-14-22(20)21/h4-15,18,23H,3,16-17H2,1-2H3,(H,29,35)(H2,30,31,32,33,34)/t18-,23-/m1/s1. The summed E-state index contributed by atoms with van der Waals surface area (Å²) in [5.41, 5.74) is 2.15. The van der Waals surface area contributed by atoms with Crippen molar-refractivity contribution in [1.29, 1.82) is 0 Å². The highest BCUT2D eigenvalue weighted by molar-refractivity contribution is 6.28. The van der Waals surface area contributed by atoms with Crippen LogP contribution in [0.4, 0.5) is 11.9 Å². The molecule has 0 spiro atoms. The Labute approximate surface area is 210 Å². The van der Waals surface area contributed by atoms with Crippen molar-refractivity contribution in [3.63, 3.8) is 0 Å². The van der Waals surface area contributed by atoms with Crippen molar-refractivity contribution < 1.29 is 4.79 Å². The van der Waals surface area contributed by atoms with Crippen molar-refractivity contribution in [3.8, 4) is 0 Å². The van der Waals surface area contributed by atoms with Gasteiger partial charge in [0.1, 0.15) is 6.04 Å². The Bertz CT molecular complexity index is 1280. The van der Waals surface area contributed by atoms with Crippen LogP contribution in [0.2, 0.25) is 5.28 Å². The van der Waals surface area contributed by atoms with E-state index >= 15 is 0 Å². The van der Waals surface area contributed by atoms with Gasteiger partial charge in [-0.05, 0) is 46.8 Å². The highest BCUT2D eigenvalue weighted by Gasteiger charge is 2.21. The summed E-state index contributed by atoms with van der Waals surface area (Å²) in [4.78, 5) is 25.9. The van der Waals surface area contributed by atoms with Crippen LogP contribution in [0.1, 0.15) is 37.4 Å². The van der Waals surface area contributed by atoms with Gasteiger partial charge in [0, 0.05) is 13.0 Å². The molecule has 0 unspecified atom stereocenters. The number of halogens is 1. The summed E-state index contributed by atoms with van der Waals surface area (Å²) in [6, 6.07) is 23.6. The van der Waals surface area contributed by atoms with Crippen LogP contribution in [0.5, 0.6) is 0 Å². The summed E-state index contributed by atoms with van der Waals surface area (Å²) < 4.78 is 0. The molecular formula is C27H29ClN6O. The number of rotatable bonds is 10. The first-order valence-electron chi connectivity index (χ1n) is 11.8. The lowest BCUT2D eigenvalue weighted by Crippen LogP contribution is -2.41. The smallest absolute Gasteiger partial charge is 0.242 e. The molecule has 3 N–H and O–H groups in total. The van der Waals surface area contributed by atoms with E-state index in [1.54, 1.807) is 0 Å². The van der Waals surface area contributed by atoms with Gasteiger partial charge in [0.25, 0.3) is 0 Å². The third kappa shape index (κ3) is 6.45. The summed E-state index contributed by atoms with van der Waals surface area (Å²) >= 11 is 6.24. The van der Waals surface area contributed by atoms with E-state index in [1.165, 1.54) is 0 Å². The minimum absolute atomic E-state index is 0.0440. The molecule has 0 saturated heterocycles. The van der Waals surface area contributed by atoms with Crippen molar-refractivity contribution in [2.45, 2.75) is 38.8 Å². The van der Waals surface area contributed by atoms with E-state index in [-0.39, 0.29) is 23.2 Å². The molecule has 0 aliphatic heterocycles. The zero-order chi connectivity index (χ0) is 24.6. The highest BCUT2D eigenvalue weighted by atomic mass is 35.5. The summed E-state index contributed by atoms with van der Waals surface area (Å²) in [6.45, 7) is 4.66. The number of carbonyl (C=O) groups excluding carboxylic acids is 1. The number of amides is 1. The Kier molecular flexibility index (Phi) is 8.11. The fraction of sp³-hybridized carbons (Fsp3) is 0.259. The van der Waals surface area contributed by atoms with Gasteiger partial charge >= 0.3 is 0 Å². The minimum Gasteiger partial charge on any atom is -0.354 e. The predicted octanol–water partition coefficient (Wildman–Crippen LogP) is 5.40. The first-order chi connectivity index (χ1) is 17.0. The monoisotopic (exact) mass is 488 g/mol. The van der Waals surface area contributed by atoms with Crippen LogP contribution in [0.3, 0.4) is 0 Å². The number of aromatic nitrogens is 3. The molecule has 0 aliphatic rings. The van der Waals surface area contributed by atoms with E-state index in [1.807, 2.05) is 62.4 Å². The second kappa shape index (κ2) is 11.6. The second-order valence-electron chi connectivity index (χ2n) is 8.36. The molecule has 0 bridgehead atoms. The molecular weight excluding hydrogens is 460 g/mol. The summed E-state index contributed by atoms with van der Waals surface area (Å²) in [5, 5.41) is 11.8. The van der Waals surface area contributed by atoms with E-state index < -0.39 is 6.04 Å². The maximum Gasteiger partial charge on any atom is 0.242 e. The zero-order valence-corrected chi connectivity index (χ0v) is 20.6. The predicted molar refractivity (Wildman–Crippen MR) is 142 cm³/mol. The highest BCUT2D eigenvalue weighted by Crippen LogP contribution is 2.26. The molecule has 0 saturated carbocycles. The van der Waals surface area contributed by atoms with E-state index in [2.05, 4.69) is 55.2 Å². The van der Waals surface area contributed by atoms with E-state index in [0.717, 1.165) is 28.3 Å². The number of benzene rings is 3. The SMILES string of the molecule is CCCNC(=O)[C@@H](Cc1ccccc1)Nc1nc(Cl)nc(N[C@H](C)c2cccc3ccccc23)n1. The molecule has 1 heterocycles. The van der Waals surface area contributed by atoms with Crippen molar-refractivity contribution >= 4 is 40.2 Å². The topological polar surface area (TPSA) is 91.8 Å². The first-order valence-corrected chi connectivity index (χ1v) is 12.1. The molecule has 4 rings (SSSR count). The molecule has 2 atom stereocenters. The lowest BCUT2D eigenvalue weighted by Gasteiger charge is -2.20. The minimum atomic E-state index is -0.564. The number of carbonyl (C=O) groups is 1. The zero-order valence-electron chi connectivity index (χ0n) is 19.8. The van der Waals surface area contributed by atoms with E-state index in [0.29, 0.717) is 18.9 Å². The van der Waals surface area contributed by atoms with Gasteiger partial charge in [-0.15, -0.1) is 0 Å². The normalized spacial score (nSPS) is 12.7. The summed E-state index contributed by atoms with van der Waals surface area (Å²) in [7, 11) is 0. The van der Waals surface area contributed by atoms with Crippen LogP contribution >= 0.6 is 11.6 Å². The first kappa shape index (κ1) is 24.4. The van der Waals surface area contributed by atoms with Gasteiger partial charge in [0.05, 0.1) is 6.04 Å². The van der Waals surface area contributed by atoms with Gasteiger partial charge < -0.3 is 16.0 Å². The molecule has 8 heteroatoms. The van der Waals surface area contributed by atoms with E-state index in [4.69, 9.17) is 11.6 Å². The number of hydrogen-bond acceptors (Lipinski definition) is 6. The average molecular weight is 489 g/mol. The maximum absolute atomic E-state index is 12.9. The lowest BCUT2D eigenvalue weighted by atomic mass is 10.00. The Morgan fingerprint density at radius 3 is 2.34 bits per heavy atom. The molecule has 0 fully saturated rings. The summed E-state index contributed by atoms with van der Waals surface area (Å²) in [6.07, 6.45) is 1.33. The molecule has 0 aliphatic carbocycles. The van der Waals surface area contributed by atoms with Gasteiger partial charge in [0.15, 0.2) is 0 Å². The van der Waals surface area contributed by atoms with Gasteiger partial charge in [-0.2, -0.15) is 15.0 Å². The second-order valence-corrected chi connectivity index (χ2v) is 8.70. The number of nitrogens with zero attached hydrogens (tertiary/aromatic N) is 3. The van der Waals surface area contributed by atoms with Crippen LogP contribution in [0, 0.1) is 0 Å². The lowest BCUT2D eigenvalue weighted by molar-refractivity contribution is -0.121. The van der Waals surface area contributed by atoms with Crippen LogP contribution in [0.15, 0.2) is 72.8 Å². The molecule has 0 radical (unpaired) electrons. The molecule has 3 aromatic carbocycles. The number of anilines is 2. The van der Waals surface area contributed by atoms with Crippen molar-refractivity contribution in [2.24, 2.45) is 0 Å². The van der Waals surface area contributed by atoms with Crippen LogP contribution in [-0.4, -0.2) is 33.4 Å².